The first-order chi connectivity index (χ1) is 8.68. The number of rotatable bonds is 3. The number of nitrogens with zero attached hydrogens (tertiary/aromatic N) is 2. The van der Waals surface area contributed by atoms with Gasteiger partial charge >= 0.3 is 0 Å². The van der Waals surface area contributed by atoms with E-state index in [-0.39, 0.29) is 0 Å². The molecule has 1 saturated carbocycles. The Morgan fingerprint density at radius 3 is 2.83 bits per heavy atom. The topological polar surface area (TPSA) is 42.2 Å². The first-order valence-electron chi connectivity index (χ1n) is 6.53. The highest BCUT2D eigenvalue weighted by atomic mass is 15.1. The Labute approximate surface area is 108 Å². The Bertz CT molecular complexity index is 575. The summed E-state index contributed by atoms with van der Waals surface area (Å²) >= 11 is 0. The molecule has 94 valence electrons. The highest BCUT2D eigenvalue weighted by molar-refractivity contribution is 5.98. The highest BCUT2D eigenvalue weighted by Gasteiger charge is 2.31. The van der Waals surface area contributed by atoms with Gasteiger partial charge in [-0.15, -0.1) is 0 Å². The second kappa shape index (κ2) is 4.16. The van der Waals surface area contributed by atoms with Gasteiger partial charge in [-0.3, -0.25) is 4.98 Å². The fourth-order valence-corrected chi connectivity index (χ4v) is 2.60. The second-order valence-corrected chi connectivity index (χ2v) is 5.28. The molecule has 1 fully saturated rings. The number of benzene rings is 1. The van der Waals surface area contributed by atoms with Crippen LogP contribution in [0.25, 0.3) is 10.8 Å². The molecule has 18 heavy (non-hydrogen) atoms. The van der Waals surface area contributed by atoms with Crippen LogP contribution in [0, 0.1) is 5.92 Å². The predicted molar refractivity (Wildman–Crippen MR) is 76.7 cm³/mol. The molecular formula is C15H19N3. The summed E-state index contributed by atoms with van der Waals surface area (Å²) in [7, 11) is 2.14. The minimum absolute atomic E-state index is 0.562. The van der Waals surface area contributed by atoms with Crippen LogP contribution in [0.3, 0.4) is 0 Å². The van der Waals surface area contributed by atoms with Crippen molar-refractivity contribution in [2.75, 3.05) is 17.7 Å². The van der Waals surface area contributed by atoms with E-state index in [1.165, 1.54) is 12.8 Å². The van der Waals surface area contributed by atoms with Crippen LogP contribution >= 0.6 is 0 Å². The van der Waals surface area contributed by atoms with Crippen LogP contribution in [0.1, 0.15) is 19.8 Å². The molecule has 3 heteroatoms. The van der Waals surface area contributed by atoms with Crippen LogP contribution in [0.5, 0.6) is 0 Å². The summed E-state index contributed by atoms with van der Waals surface area (Å²) in [5.41, 5.74) is 8.31. The van der Waals surface area contributed by atoms with E-state index in [4.69, 9.17) is 5.73 Å². The van der Waals surface area contributed by atoms with Gasteiger partial charge < -0.3 is 10.6 Å². The number of nitrogens with two attached hydrogens (primary N) is 1. The number of nitrogen functional groups attached to an aromatic ring is 1. The molecule has 3 rings (SSSR count). The van der Waals surface area contributed by atoms with Crippen molar-refractivity contribution in [3.63, 3.8) is 0 Å². The van der Waals surface area contributed by atoms with E-state index < -0.39 is 0 Å². The molecule has 1 aliphatic rings. The van der Waals surface area contributed by atoms with Gasteiger partial charge in [-0.25, -0.2) is 0 Å². The Morgan fingerprint density at radius 2 is 2.11 bits per heavy atom. The lowest BCUT2D eigenvalue weighted by Gasteiger charge is -2.28. The van der Waals surface area contributed by atoms with Gasteiger partial charge in [0.05, 0.1) is 11.4 Å². The molecule has 0 amide bonds. The summed E-state index contributed by atoms with van der Waals surface area (Å²) in [6.07, 6.45) is 6.36. The lowest BCUT2D eigenvalue weighted by Crippen LogP contribution is -2.31. The molecule has 2 N–H and O–H groups in total. The molecule has 3 nitrogen and oxygen atoms in total. The van der Waals surface area contributed by atoms with Crippen LogP contribution < -0.4 is 10.6 Å². The fourth-order valence-electron chi connectivity index (χ4n) is 2.60. The molecule has 0 aliphatic heterocycles. The van der Waals surface area contributed by atoms with Crippen molar-refractivity contribution in [3.8, 4) is 0 Å². The first kappa shape index (κ1) is 11.3. The fraction of sp³-hybridized carbons (Fsp3) is 0.400. The Hall–Kier alpha value is -1.77. The molecule has 1 aromatic carbocycles. The third kappa shape index (κ3) is 1.80. The average molecular weight is 241 g/mol. The third-order valence-electron chi connectivity index (χ3n) is 4.13. The smallest absolute Gasteiger partial charge is 0.0632 e. The van der Waals surface area contributed by atoms with E-state index in [1.807, 2.05) is 12.3 Å². The summed E-state index contributed by atoms with van der Waals surface area (Å²) in [6.45, 7) is 2.29. The Balaban J connectivity index is 2.03. The molecule has 1 atom stereocenters. The summed E-state index contributed by atoms with van der Waals surface area (Å²) in [5.74, 6) is 0.836. The average Bonchev–Trinajstić information content (AvgIpc) is 3.22. The maximum absolute atomic E-state index is 6.31. The van der Waals surface area contributed by atoms with Gasteiger partial charge in [0, 0.05) is 36.3 Å². The summed E-state index contributed by atoms with van der Waals surface area (Å²) in [6, 6.07) is 6.76. The Kier molecular flexibility index (Phi) is 2.62. The number of anilines is 2. The number of hydrogen-bond acceptors (Lipinski definition) is 3. The second-order valence-electron chi connectivity index (χ2n) is 5.28. The zero-order valence-electron chi connectivity index (χ0n) is 10.9. The van der Waals surface area contributed by atoms with Crippen molar-refractivity contribution in [2.45, 2.75) is 25.8 Å². The van der Waals surface area contributed by atoms with E-state index in [1.54, 1.807) is 6.20 Å². The monoisotopic (exact) mass is 241 g/mol. The van der Waals surface area contributed by atoms with Crippen LogP contribution in [0.15, 0.2) is 30.6 Å². The van der Waals surface area contributed by atoms with Gasteiger partial charge in [-0.2, -0.15) is 0 Å². The van der Waals surface area contributed by atoms with E-state index in [0.29, 0.717) is 6.04 Å². The maximum atomic E-state index is 6.31. The molecule has 2 aromatic rings. The Morgan fingerprint density at radius 1 is 1.33 bits per heavy atom. The lowest BCUT2D eigenvalue weighted by atomic mass is 10.1. The van der Waals surface area contributed by atoms with Gasteiger partial charge in [0.15, 0.2) is 0 Å². The molecular weight excluding hydrogens is 222 g/mol. The summed E-state index contributed by atoms with van der Waals surface area (Å²) in [5, 5.41) is 2.20. The zero-order chi connectivity index (χ0) is 12.7. The number of pyridine rings is 1. The van der Waals surface area contributed by atoms with Gasteiger partial charge in [0.2, 0.25) is 0 Å². The van der Waals surface area contributed by atoms with Gasteiger partial charge in [-0.1, -0.05) is 6.07 Å². The zero-order valence-corrected chi connectivity index (χ0v) is 10.9. The predicted octanol–water partition coefficient (Wildman–Crippen LogP) is 3.05. The van der Waals surface area contributed by atoms with E-state index in [9.17, 15) is 0 Å². The van der Waals surface area contributed by atoms with Crippen molar-refractivity contribution < 1.29 is 0 Å². The van der Waals surface area contributed by atoms with Crippen molar-refractivity contribution in [3.05, 3.63) is 30.6 Å². The van der Waals surface area contributed by atoms with Crippen molar-refractivity contribution in [1.82, 2.24) is 4.98 Å². The van der Waals surface area contributed by atoms with Gasteiger partial charge in [-0.05, 0) is 37.8 Å². The van der Waals surface area contributed by atoms with Crippen LogP contribution in [-0.4, -0.2) is 18.1 Å². The quantitative estimate of drug-likeness (QED) is 0.840. The van der Waals surface area contributed by atoms with Crippen LogP contribution in [0.4, 0.5) is 11.4 Å². The largest absolute Gasteiger partial charge is 0.397 e. The van der Waals surface area contributed by atoms with Crippen molar-refractivity contribution in [1.29, 1.82) is 0 Å². The summed E-state index contributed by atoms with van der Waals surface area (Å²) in [4.78, 5) is 6.45. The minimum Gasteiger partial charge on any atom is -0.397 e. The molecule has 1 heterocycles. The lowest BCUT2D eigenvalue weighted by molar-refractivity contribution is 0.610. The number of aromatic nitrogens is 1. The molecule has 0 spiro atoms. The summed E-state index contributed by atoms with van der Waals surface area (Å²) < 4.78 is 0. The molecule has 0 radical (unpaired) electrons. The SMILES string of the molecule is CC(C1CC1)N(C)c1ccc2cnccc2c1N. The van der Waals surface area contributed by atoms with Crippen molar-refractivity contribution in [2.24, 2.45) is 5.92 Å². The number of hydrogen-bond donors (Lipinski definition) is 1. The van der Waals surface area contributed by atoms with Gasteiger partial charge in [0.25, 0.3) is 0 Å². The third-order valence-corrected chi connectivity index (χ3v) is 4.13. The molecule has 1 unspecified atom stereocenters. The van der Waals surface area contributed by atoms with Crippen LogP contribution in [0.2, 0.25) is 0 Å². The van der Waals surface area contributed by atoms with E-state index >= 15 is 0 Å². The molecule has 0 saturated heterocycles. The minimum atomic E-state index is 0.562. The van der Waals surface area contributed by atoms with Crippen molar-refractivity contribution >= 4 is 22.1 Å². The molecule has 1 aliphatic carbocycles. The van der Waals surface area contributed by atoms with E-state index in [2.05, 4.69) is 36.0 Å². The maximum Gasteiger partial charge on any atom is 0.0632 e. The highest BCUT2D eigenvalue weighted by Crippen LogP contribution is 2.38. The molecule has 0 bridgehead atoms. The van der Waals surface area contributed by atoms with Crippen LogP contribution in [-0.2, 0) is 0 Å². The van der Waals surface area contributed by atoms with Gasteiger partial charge in [0.1, 0.15) is 0 Å². The number of fused-ring (bicyclic) bond motifs is 1. The standard InChI is InChI=1S/C15H19N3/c1-10(11-3-4-11)18(2)14-6-5-12-9-17-8-7-13(12)15(14)16/h5-11H,3-4,16H2,1-2H3. The first-order valence-corrected chi connectivity index (χ1v) is 6.53. The van der Waals surface area contributed by atoms with E-state index in [0.717, 1.165) is 28.1 Å². The molecule has 1 aromatic heterocycles. The normalized spacial score (nSPS) is 16.8.